The van der Waals surface area contributed by atoms with Crippen LogP contribution in [-0.2, 0) is 11.0 Å². The fourth-order valence-corrected chi connectivity index (χ4v) is 1.44. The number of nitriles is 1. The lowest BCUT2D eigenvalue weighted by Crippen LogP contribution is -2.19. The number of benzene rings is 1. The summed E-state index contributed by atoms with van der Waals surface area (Å²) in [4.78, 5) is 0. The summed E-state index contributed by atoms with van der Waals surface area (Å²) in [6.45, 7) is 5.62. The van der Waals surface area contributed by atoms with Gasteiger partial charge in [-0.1, -0.05) is 12.1 Å². The molecule has 0 saturated carbocycles. The number of hydrogen-bond donors (Lipinski definition) is 0. The Morgan fingerprint density at radius 2 is 1.88 bits per heavy atom. The molecule has 1 aromatic rings. The molecule has 0 fully saturated rings. The van der Waals surface area contributed by atoms with Crippen molar-refractivity contribution >= 4 is 17.2 Å². The fourth-order valence-electron chi connectivity index (χ4n) is 0.911. The van der Waals surface area contributed by atoms with Crippen LogP contribution in [0.2, 0.25) is 0 Å². The average molecular weight is 234 g/mol. The van der Waals surface area contributed by atoms with E-state index in [2.05, 4.69) is 4.40 Å². The fraction of sp³-hybridized carbons (Fsp3) is 0.333. The first kappa shape index (κ1) is 12.6. The average Bonchev–Trinajstić information content (AvgIpc) is 2.25. The third-order valence-corrected chi connectivity index (χ3v) is 3.21. The molecule has 84 valence electrons. The van der Waals surface area contributed by atoms with Crippen LogP contribution in [0, 0.1) is 11.3 Å². The van der Waals surface area contributed by atoms with E-state index in [4.69, 9.17) is 5.26 Å². The van der Waals surface area contributed by atoms with Crippen LogP contribution < -0.4 is 0 Å². The molecule has 0 bridgehead atoms. The summed E-state index contributed by atoms with van der Waals surface area (Å²) in [5.74, 6) is 0. The van der Waals surface area contributed by atoms with E-state index >= 15 is 0 Å². The smallest absolute Gasteiger partial charge is 0.144 e. The van der Waals surface area contributed by atoms with Crippen molar-refractivity contribution < 1.29 is 4.21 Å². The van der Waals surface area contributed by atoms with Gasteiger partial charge in [-0.15, -0.1) is 0 Å². The van der Waals surface area contributed by atoms with E-state index in [1.54, 1.807) is 30.5 Å². The Hall–Kier alpha value is -1.47. The van der Waals surface area contributed by atoms with Gasteiger partial charge in [-0.25, -0.2) is 4.21 Å². The lowest BCUT2D eigenvalue weighted by Gasteiger charge is -2.12. The number of nitrogens with zero attached hydrogens (tertiary/aromatic N) is 2. The lowest BCUT2D eigenvalue weighted by atomic mass is 10.2. The normalized spacial score (nSPS) is 13.6. The van der Waals surface area contributed by atoms with Crippen LogP contribution in [0.5, 0.6) is 0 Å². The molecule has 0 amide bonds. The van der Waals surface area contributed by atoms with Crippen LogP contribution in [0.3, 0.4) is 0 Å². The van der Waals surface area contributed by atoms with E-state index in [0.717, 1.165) is 5.56 Å². The van der Waals surface area contributed by atoms with Crippen molar-refractivity contribution in [3.63, 3.8) is 0 Å². The van der Waals surface area contributed by atoms with Crippen molar-refractivity contribution in [2.24, 2.45) is 4.40 Å². The zero-order chi connectivity index (χ0) is 12.2. The largest absolute Gasteiger partial charge is 0.234 e. The third kappa shape index (κ3) is 3.59. The molecule has 0 aliphatic carbocycles. The molecule has 0 aliphatic rings. The standard InChI is InChI=1S/C12H14N2OS/c1-12(2,3)16(15)14-9-11-6-4-10(8-13)5-7-11/h4-7,9H,1-3H3/t16-/m0/s1. The van der Waals surface area contributed by atoms with E-state index in [-0.39, 0.29) is 4.75 Å². The maximum Gasteiger partial charge on any atom is 0.144 e. The van der Waals surface area contributed by atoms with Gasteiger partial charge in [0.1, 0.15) is 11.0 Å². The minimum absolute atomic E-state index is 0.344. The Morgan fingerprint density at radius 1 is 1.31 bits per heavy atom. The molecule has 0 radical (unpaired) electrons. The van der Waals surface area contributed by atoms with Crippen LogP contribution in [0.15, 0.2) is 28.7 Å². The molecule has 1 rings (SSSR count). The highest BCUT2D eigenvalue weighted by molar-refractivity contribution is 7.85. The second kappa shape index (κ2) is 5.04. The molecule has 0 saturated heterocycles. The zero-order valence-corrected chi connectivity index (χ0v) is 10.4. The first-order valence-electron chi connectivity index (χ1n) is 4.90. The highest BCUT2D eigenvalue weighted by atomic mass is 32.2. The van der Waals surface area contributed by atoms with Gasteiger partial charge in [0.15, 0.2) is 0 Å². The van der Waals surface area contributed by atoms with Crippen molar-refractivity contribution in [3.05, 3.63) is 35.4 Å². The number of rotatable bonds is 2. The molecular weight excluding hydrogens is 220 g/mol. The van der Waals surface area contributed by atoms with Crippen LogP contribution in [-0.4, -0.2) is 15.2 Å². The van der Waals surface area contributed by atoms with Crippen LogP contribution >= 0.6 is 0 Å². The second-order valence-corrected chi connectivity index (χ2v) is 6.26. The molecule has 16 heavy (non-hydrogen) atoms. The molecule has 1 aromatic carbocycles. The Bertz CT molecular complexity index is 449. The summed E-state index contributed by atoms with van der Waals surface area (Å²) < 4.78 is 15.3. The van der Waals surface area contributed by atoms with E-state index in [0.29, 0.717) is 5.56 Å². The predicted octanol–water partition coefficient (Wildman–Crippen LogP) is 2.44. The molecule has 0 N–H and O–H groups in total. The Labute approximate surface area is 98.4 Å². The van der Waals surface area contributed by atoms with Crippen molar-refractivity contribution in [2.75, 3.05) is 0 Å². The minimum atomic E-state index is -1.24. The molecule has 4 heteroatoms. The van der Waals surface area contributed by atoms with E-state index in [1.807, 2.05) is 26.8 Å². The minimum Gasteiger partial charge on any atom is -0.234 e. The summed E-state index contributed by atoms with van der Waals surface area (Å²) in [5, 5.41) is 8.62. The van der Waals surface area contributed by atoms with Gasteiger partial charge in [-0.2, -0.15) is 9.66 Å². The van der Waals surface area contributed by atoms with E-state index in [1.165, 1.54) is 0 Å². The first-order chi connectivity index (χ1) is 7.43. The summed E-state index contributed by atoms with van der Waals surface area (Å²) in [6.07, 6.45) is 1.57. The lowest BCUT2D eigenvalue weighted by molar-refractivity contribution is 0.651. The highest BCUT2D eigenvalue weighted by Gasteiger charge is 2.17. The zero-order valence-electron chi connectivity index (χ0n) is 9.60. The molecule has 3 nitrogen and oxygen atoms in total. The topological polar surface area (TPSA) is 53.2 Å². The van der Waals surface area contributed by atoms with Crippen LogP contribution in [0.1, 0.15) is 31.9 Å². The summed E-state index contributed by atoms with van der Waals surface area (Å²) in [6, 6.07) is 9.02. The monoisotopic (exact) mass is 234 g/mol. The van der Waals surface area contributed by atoms with Gasteiger partial charge in [-0.3, -0.25) is 0 Å². The predicted molar refractivity (Wildman–Crippen MR) is 66.6 cm³/mol. The van der Waals surface area contributed by atoms with E-state index < -0.39 is 11.0 Å². The molecule has 0 heterocycles. The van der Waals surface area contributed by atoms with Crippen molar-refractivity contribution in [1.82, 2.24) is 0 Å². The Balaban J connectivity index is 2.78. The summed E-state index contributed by atoms with van der Waals surface area (Å²) in [7, 11) is -1.24. The van der Waals surface area contributed by atoms with Gasteiger partial charge in [-0.05, 0) is 38.5 Å². The van der Waals surface area contributed by atoms with Gasteiger partial charge in [0.05, 0.1) is 16.4 Å². The van der Waals surface area contributed by atoms with Crippen LogP contribution in [0.4, 0.5) is 0 Å². The van der Waals surface area contributed by atoms with E-state index in [9.17, 15) is 4.21 Å². The van der Waals surface area contributed by atoms with Gasteiger partial charge in [0.2, 0.25) is 0 Å². The second-order valence-electron chi connectivity index (χ2n) is 4.33. The molecular formula is C12H14N2OS. The number of hydrogen-bond acceptors (Lipinski definition) is 2. The molecule has 0 aliphatic heterocycles. The SMILES string of the molecule is CC(C)(C)[S@](=O)N=Cc1ccc(C#N)cc1. The Kier molecular flexibility index (Phi) is 3.97. The van der Waals surface area contributed by atoms with Crippen molar-refractivity contribution in [2.45, 2.75) is 25.5 Å². The third-order valence-electron chi connectivity index (χ3n) is 1.86. The van der Waals surface area contributed by atoms with Crippen LogP contribution in [0.25, 0.3) is 0 Å². The Morgan fingerprint density at radius 3 is 2.31 bits per heavy atom. The quantitative estimate of drug-likeness (QED) is 0.738. The van der Waals surface area contributed by atoms with Gasteiger partial charge in [0.25, 0.3) is 0 Å². The molecule has 0 aromatic heterocycles. The molecule has 0 spiro atoms. The maximum atomic E-state index is 11.6. The molecule has 1 atom stereocenters. The summed E-state index contributed by atoms with van der Waals surface area (Å²) >= 11 is 0. The van der Waals surface area contributed by atoms with Gasteiger partial charge >= 0.3 is 0 Å². The maximum absolute atomic E-state index is 11.6. The first-order valence-corrected chi connectivity index (χ1v) is 6.00. The van der Waals surface area contributed by atoms with Gasteiger partial charge in [0, 0.05) is 6.21 Å². The van der Waals surface area contributed by atoms with Gasteiger partial charge < -0.3 is 0 Å². The molecule has 0 unspecified atom stereocenters. The highest BCUT2D eigenvalue weighted by Crippen LogP contribution is 2.12. The van der Waals surface area contributed by atoms with Crippen molar-refractivity contribution in [3.8, 4) is 6.07 Å². The summed E-state index contributed by atoms with van der Waals surface area (Å²) in [5.41, 5.74) is 1.45. The van der Waals surface area contributed by atoms with Crippen molar-refractivity contribution in [1.29, 1.82) is 5.26 Å².